The van der Waals surface area contributed by atoms with Crippen LogP contribution in [-0.2, 0) is 19.1 Å². The Morgan fingerprint density at radius 2 is 1.85 bits per heavy atom. The van der Waals surface area contributed by atoms with Crippen molar-refractivity contribution in [2.75, 3.05) is 5.32 Å². The van der Waals surface area contributed by atoms with Crippen LogP contribution in [0.4, 0.5) is 5.69 Å². The third-order valence-corrected chi connectivity index (χ3v) is 2.94. The number of benzene rings is 1. The van der Waals surface area contributed by atoms with Gasteiger partial charge >= 0.3 is 11.9 Å². The van der Waals surface area contributed by atoms with Crippen LogP contribution in [0.5, 0.6) is 5.75 Å². The normalized spacial score (nSPS) is 17.2. The summed E-state index contributed by atoms with van der Waals surface area (Å²) in [6, 6.07) is 4.75. The highest BCUT2D eigenvalue weighted by Crippen LogP contribution is 2.28. The quantitative estimate of drug-likeness (QED) is 0.371. The Labute approximate surface area is 123 Å². The Morgan fingerprint density at radius 3 is 2.40 bits per heavy atom. The molecule has 106 valence electrons. The molecule has 1 heterocycles. The van der Waals surface area contributed by atoms with Crippen LogP contribution in [0.3, 0.4) is 0 Å². The number of halogens is 1. The van der Waals surface area contributed by atoms with Gasteiger partial charge in [-0.3, -0.25) is 0 Å². The lowest BCUT2D eigenvalue weighted by Crippen LogP contribution is -2.42. The molecule has 6 nitrogen and oxygen atoms in total. The molecule has 0 unspecified atom stereocenters. The van der Waals surface area contributed by atoms with Crippen LogP contribution in [0.25, 0.3) is 0 Å². The van der Waals surface area contributed by atoms with Crippen molar-refractivity contribution in [3.8, 4) is 5.75 Å². The number of ether oxygens (including phenoxy) is 2. The van der Waals surface area contributed by atoms with Gasteiger partial charge in [-0.1, -0.05) is 15.9 Å². The van der Waals surface area contributed by atoms with E-state index in [0.29, 0.717) is 10.2 Å². The van der Waals surface area contributed by atoms with E-state index >= 15 is 0 Å². The van der Waals surface area contributed by atoms with Crippen molar-refractivity contribution in [3.05, 3.63) is 34.4 Å². The summed E-state index contributed by atoms with van der Waals surface area (Å²) in [7, 11) is 0. The van der Waals surface area contributed by atoms with Gasteiger partial charge in [-0.2, -0.15) is 0 Å². The monoisotopic (exact) mass is 341 g/mol. The van der Waals surface area contributed by atoms with Gasteiger partial charge < -0.3 is 19.9 Å². The number of hydrogen-bond donors (Lipinski definition) is 2. The first-order chi connectivity index (χ1) is 9.28. The van der Waals surface area contributed by atoms with Gasteiger partial charge in [-0.25, -0.2) is 9.59 Å². The van der Waals surface area contributed by atoms with Gasteiger partial charge in [0.15, 0.2) is 5.57 Å². The number of phenols is 1. The van der Waals surface area contributed by atoms with E-state index in [-0.39, 0.29) is 11.3 Å². The molecule has 20 heavy (non-hydrogen) atoms. The number of aromatic hydroxyl groups is 1. The maximum Gasteiger partial charge on any atom is 0.350 e. The smallest absolute Gasteiger partial charge is 0.350 e. The van der Waals surface area contributed by atoms with Crippen molar-refractivity contribution < 1.29 is 24.2 Å². The summed E-state index contributed by atoms with van der Waals surface area (Å²) < 4.78 is 10.6. The molecule has 1 aliphatic heterocycles. The van der Waals surface area contributed by atoms with Gasteiger partial charge in [0, 0.05) is 24.5 Å². The van der Waals surface area contributed by atoms with Crippen LogP contribution in [0.2, 0.25) is 0 Å². The van der Waals surface area contributed by atoms with E-state index in [1.54, 1.807) is 12.1 Å². The van der Waals surface area contributed by atoms with Gasteiger partial charge in [-0.05, 0) is 18.2 Å². The van der Waals surface area contributed by atoms with E-state index in [1.165, 1.54) is 19.9 Å². The minimum atomic E-state index is -1.27. The molecule has 2 rings (SSSR count). The highest BCUT2D eigenvalue weighted by Gasteiger charge is 2.38. The molecule has 1 saturated heterocycles. The lowest BCUT2D eigenvalue weighted by molar-refractivity contribution is -0.222. The summed E-state index contributed by atoms with van der Waals surface area (Å²) in [5, 5.41) is 12.3. The number of rotatable bonds is 2. The molecule has 1 aliphatic rings. The van der Waals surface area contributed by atoms with E-state index in [1.807, 2.05) is 0 Å². The summed E-state index contributed by atoms with van der Waals surface area (Å²) in [6.45, 7) is 2.93. The largest absolute Gasteiger partial charge is 0.506 e. The number of anilines is 1. The van der Waals surface area contributed by atoms with Gasteiger partial charge in [-0.15, -0.1) is 0 Å². The van der Waals surface area contributed by atoms with Crippen molar-refractivity contribution in [2.24, 2.45) is 0 Å². The summed E-state index contributed by atoms with van der Waals surface area (Å²) in [5.74, 6) is -2.87. The first kappa shape index (κ1) is 14.4. The minimum absolute atomic E-state index is 0.0332. The van der Waals surface area contributed by atoms with Gasteiger partial charge in [0.25, 0.3) is 5.79 Å². The second-order valence-corrected chi connectivity index (χ2v) is 5.46. The fourth-order valence-corrected chi connectivity index (χ4v) is 1.90. The Morgan fingerprint density at radius 1 is 1.25 bits per heavy atom. The number of carbonyl (C=O) groups excluding carboxylic acids is 2. The molecule has 1 fully saturated rings. The van der Waals surface area contributed by atoms with Crippen molar-refractivity contribution in [1.82, 2.24) is 0 Å². The number of nitrogens with one attached hydrogen (secondary N) is 1. The predicted molar refractivity (Wildman–Crippen MR) is 73.8 cm³/mol. The van der Waals surface area contributed by atoms with Crippen molar-refractivity contribution in [3.63, 3.8) is 0 Å². The first-order valence-electron chi connectivity index (χ1n) is 5.70. The van der Waals surface area contributed by atoms with Crippen LogP contribution in [0.1, 0.15) is 13.8 Å². The van der Waals surface area contributed by atoms with Gasteiger partial charge in [0.2, 0.25) is 0 Å². The first-order valence-corrected chi connectivity index (χ1v) is 6.50. The molecule has 0 aliphatic carbocycles. The molecule has 0 saturated carbocycles. The van der Waals surface area contributed by atoms with Crippen LogP contribution < -0.4 is 5.32 Å². The van der Waals surface area contributed by atoms with Crippen molar-refractivity contribution >= 4 is 33.6 Å². The Bertz CT molecular complexity index is 587. The van der Waals surface area contributed by atoms with Crippen LogP contribution in [0.15, 0.2) is 34.4 Å². The molecule has 0 aromatic heterocycles. The number of phenolic OH excluding ortho intramolecular Hbond substituents is 1. The lowest BCUT2D eigenvalue weighted by atomic mass is 10.2. The highest BCUT2D eigenvalue weighted by molar-refractivity contribution is 9.10. The summed E-state index contributed by atoms with van der Waals surface area (Å²) in [6.07, 6.45) is 1.14. The van der Waals surface area contributed by atoms with E-state index in [0.717, 1.165) is 6.20 Å². The molecule has 0 atom stereocenters. The fourth-order valence-electron chi connectivity index (χ4n) is 1.56. The highest BCUT2D eigenvalue weighted by atomic mass is 79.9. The standard InChI is InChI=1S/C13H12BrNO5/c1-13(2)19-11(17)8(12(18)20-13)6-15-9-4-3-7(14)5-10(9)16/h3-6,15-16H,1-2H3. The van der Waals surface area contributed by atoms with E-state index in [2.05, 4.69) is 21.2 Å². The second-order valence-electron chi connectivity index (χ2n) is 4.54. The second kappa shape index (κ2) is 5.16. The number of esters is 2. The Hall–Kier alpha value is -2.02. The molecular formula is C13H12BrNO5. The van der Waals surface area contributed by atoms with Crippen LogP contribution >= 0.6 is 15.9 Å². The molecule has 2 N–H and O–H groups in total. The summed E-state index contributed by atoms with van der Waals surface area (Å²) in [5.41, 5.74) is 0.0674. The predicted octanol–water partition coefficient (Wildman–Crippen LogP) is 2.29. The molecule has 0 spiro atoms. The summed E-state index contributed by atoms with van der Waals surface area (Å²) >= 11 is 3.20. The average Bonchev–Trinajstić information content (AvgIpc) is 2.28. The van der Waals surface area contributed by atoms with E-state index < -0.39 is 17.7 Å². The molecule has 1 aromatic carbocycles. The van der Waals surface area contributed by atoms with E-state index in [4.69, 9.17) is 9.47 Å². The van der Waals surface area contributed by atoms with Crippen molar-refractivity contribution in [1.29, 1.82) is 0 Å². The maximum absolute atomic E-state index is 11.7. The molecule has 0 amide bonds. The topological polar surface area (TPSA) is 84.9 Å². The Balaban J connectivity index is 2.19. The van der Waals surface area contributed by atoms with Gasteiger partial charge in [0.05, 0.1) is 5.69 Å². The number of cyclic esters (lactones) is 2. The summed E-state index contributed by atoms with van der Waals surface area (Å²) in [4.78, 5) is 23.4. The average molecular weight is 342 g/mol. The molecule has 0 bridgehead atoms. The fraction of sp³-hybridized carbons (Fsp3) is 0.231. The van der Waals surface area contributed by atoms with E-state index in [9.17, 15) is 14.7 Å². The molecule has 7 heteroatoms. The molecular weight excluding hydrogens is 330 g/mol. The minimum Gasteiger partial charge on any atom is -0.506 e. The number of carbonyl (C=O) groups is 2. The third-order valence-electron chi connectivity index (χ3n) is 2.45. The zero-order valence-electron chi connectivity index (χ0n) is 10.8. The molecule has 1 aromatic rings. The van der Waals surface area contributed by atoms with Crippen LogP contribution in [-0.4, -0.2) is 22.8 Å². The number of hydrogen-bond acceptors (Lipinski definition) is 6. The van der Waals surface area contributed by atoms with Crippen LogP contribution in [0, 0.1) is 0 Å². The lowest BCUT2D eigenvalue weighted by Gasteiger charge is -2.29. The van der Waals surface area contributed by atoms with Crippen molar-refractivity contribution in [2.45, 2.75) is 19.6 Å². The zero-order chi connectivity index (χ0) is 14.9. The Kier molecular flexibility index (Phi) is 3.71. The third kappa shape index (κ3) is 3.11. The zero-order valence-corrected chi connectivity index (χ0v) is 12.4. The maximum atomic E-state index is 11.7. The van der Waals surface area contributed by atoms with Gasteiger partial charge in [0.1, 0.15) is 5.75 Å². The SMILES string of the molecule is CC1(C)OC(=O)C(=CNc2ccc(Br)cc2O)C(=O)O1. The molecule has 0 radical (unpaired) electrons.